The van der Waals surface area contributed by atoms with Crippen LogP contribution in [0, 0.1) is 0 Å². The number of phenolic OH excluding ortho intramolecular Hbond substituents is 1. The summed E-state index contributed by atoms with van der Waals surface area (Å²) in [6.07, 6.45) is -0.912. The minimum atomic E-state index is -0.987. The predicted octanol–water partition coefficient (Wildman–Crippen LogP) is 0.0998. The van der Waals surface area contributed by atoms with Gasteiger partial charge in [-0.2, -0.15) is 0 Å². The first-order valence-electron chi connectivity index (χ1n) is 4.49. The molecule has 1 aromatic rings. The maximum Gasteiger partial charge on any atom is 0.317 e. The number of aliphatic hydroxyl groups is 1. The molecule has 0 aliphatic rings. The number of carboxylic acid groups (broad SMARTS) is 1. The summed E-state index contributed by atoms with van der Waals surface area (Å²) in [5.41, 5.74) is 0.385. The summed E-state index contributed by atoms with van der Waals surface area (Å²) in [5.74, 6) is -0.985. The minimum Gasteiger partial charge on any atom is -0.508 e. The smallest absolute Gasteiger partial charge is 0.317 e. The van der Waals surface area contributed by atoms with E-state index in [1.54, 1.807) is 18.2 Å². The molecule has 0 bridgehead atoms. The minimum absolute atomic E-state index is 0.00197. The van der Waals surface area contributed by atoms with Gasteiger partial charge >= 0.3 is 5.97 Å². The fourth-order valence-electron chi connectivity index (χ4n) is 1.20. The normalized spacial score (nSPS) is 12.3. The van der Waals surface area contributed by atoms with Crippen LogP contribution < -0.4 is 5.32 Å². The Kier molecular flexibility index (Phi) is 4.08. The lowest BCUT2D eigenvalue weighted by Crippen LogP contribution is -2.27. The third kappa shape index (κ3) is 3.57. The molecule has 0 amide bonds. The Balaban J connectivity index is 2.50. The zero-order valence-electron chi connectivity index (χ0n) is 8.05. The number of nitrogens with one attached hydrogen (secondary N) is 1. The molecule has 0 aromatic heterocycles. The summed E-state index contributed by atoms with van der Waals surface area (Å²) in [5, 5.41) is 29.9. The molecule has 0 radical (unpaired) electrons. The summed E-state index contributed by atoms with van der Waals surface area (Å²) >= 11 is 0. The molecule has 0 aliphatic heterocycles. The van der Waals surface area contributed by atoms with E-state index in [-0.39, 0.29) is 18.8 Å². The Morgan fingerprint density at radius 1 is 1.40 bits per heavy atom. The van der Waals surface area contributed by atoms with Gasteiger partial charge in [-0.3, -0.25) is 4.79 Å². The molecule has 1 unspecified atom stereocenters. The van der Waals surface area contributed by atoms with Crippen LogP contribution in [0.5, 0.6) is 5.75 Å². The predicted molar refractivity (Wildman–Crippen MR) is 53.6 cm³/mol. The number of aliphatic carboxylic acids is 1. The summed E-state index contributed by atoms with van der Waals surface area (Å²) in [4.78, 5) is 10.2. The van der Waals surface area contributed by atoms with Crippen molar-refractivity contribution in [1.29, 1.82) is 0 Å². The summed E-state index contributed by atoms with van der Waals surface area (Å²) in [6.45, 7) is -0.130. The highest BCUT2D eigenvalue weighted by Crippen LogP contribution is 2.22. The van der Waals surface area contributed by atoms with Crippen molar-refractivity contribution in [1.82, 2.24) is 5.32 Å². The molecular formula is C10H13NO4. The van der Waals surface area contributed by atoms with Gasteiger partial charge in [0.15, 0.2) is 0 Å². The average Bonchev–Trinajstić information content (AvgIpc) is 2.17. The highest BCUT2D eigenvalue weighted by Gasteiger charge is 2.11. The van der Waals surface area contributed by atoms with E-state index in [0.717, 1.165) is 0 Å². The Morgan fingerprint density at radius 2 is 2.07 bits per heavy atom. The molecule has 4 N–H and O–H groups in total. The third-order valence-corrected chi connectivity index (χ3v) is 1.91. The number of para-hydroxylation sites is 1. The summed E-state index contributed by atoms with van der Waals surface area (Å²) in [6, 6.07) is 6.39. The van der Waals surface area contributed by atoms with Gasteiger partial charge in [-0.15, -0.1) is 0 Å². The molecular weight excluding hydrogens is 198 g/mol. The zero-order valence-corrected chi connectivity index (χ0v) is 8.05. The van der Waals surface area contributed by atoms with Gasteiger partial charge in [-0.25, -0.2) is 0 Å². The van der Waals surface area contributed by atoms with Crippen molar-refractivity contribution in [3.05, 3.63) is 29.8 Å². The molecule has 82 valence electrons. The van der Waals surface area contributed by atoms with Crippen molar-refractivity contribution in [2.24, 2.45) is 0 Å². The van der Waals surface area contributed by atoms with Gasteiger partial charge in [0.2, 0.25) is 0 Å². The van der Waals surface area contributed by atoms with Crippen molar-refractivity contribution in [3.8, 4) is 5.75 Å². The average molecular weight is 211 g/mol. The van der Waals surface area contributed by atoms with E-state index in [1.807, 2.05) is 0 Å². The third-order valence-electron chi connectivity index (χ3n) is 1.91. The quantitative estimate of drug-likeness (QED) is 0.554. The Morgan fingerprint density at radius 3 is 2.67 bits per heavy atom. The van der Waals surface area contributed by atoms with Gasteiger partial charge in [0.25, 0.3) is 0 Å². The maximum atomic E-state index is 10.2. The molecule has 5 nitrogen and oxygen atoms in total. The van der Waals surface area contributed by atoms with Crippen molar-refractivity contribution in [2.45, 2.75) is 6.10 Å². The summed E-state index contributed by atoms with van der Waals surface area (Å²) in [7, 11) is 0. The Bertz CT molecular complexity index is 340. The van der Waals surface area contributed by atoms with Crippen molar-refractivity contribution >= 4 is 5.97 Å². The van der Waals surface area contributed by atoms with Crippen LogP contribution >= 0.6 is 0 Å². The standard InChI is InChI=1S/C10H13NO4/c12-8-4-2-1-3-7(8)9(13)5-11-6-10(14)15/h1-4,9,11-13H,5-6H2,(H,14,15). The van der Waals surface area contributed by atoms with Crippen molar-refractivity contribution < 1.29 is 20.1 Å². The first kappa shape index (κ1) is 11.5. The number of carbonyl (C=O) groups is 1. The maximum absolute atomic E-state index is 10.2. The van der Waals surface area contributed by atoms with Crippen LogP contribution in [0.4, 0.5) is 0 Å². The highest BCUT2D eigenvalue weighted by atomic mass is 16.4. The van der Waals surface area contributed by atoms with Gasteiger partial charge in [-0.05, 0) is 6.07 Å². The molecule has 0 aliphatic carbocycles. The van der Waals surface area contributed by atoms with Crippen molar-refractivity contribution in [2.75, 3.05) is 13.1 Å². The first-order valence-corrected chi connectivity index (χ1v) is 4.49. The lowest BCUT2D eigenvalue weighted by atomic mass is 10.1. The van der Waals surface area contributed by atoms with E-state index in [4.69, 9.17) is 5.11 Å². The van der Waals surface area contributed by atoms with Gasteiger partial charge in [0, 0.05) is 12.1 Å². The number of aromatic hydroxyl groups is 1. The lowest BCUT2D eigenvalue weighted by molar-refractivity contribution is -0.136. The second kappa shape index (κ2) is 5.33. The number of hydrogen-bond acceptors (Lipinski definition) is 4. The molecule has 1 rings (SSSR count). The first-order chi connectivity index (χ1) is 7.11. The summed E-state index contributed by atoms with van der Waals surface area (Å²) < 4.78 is 0. The largest absolute Gasteiger partial charge is 0.508 e. The van der Waals surface area contributed by atoms with E-state index < -0.39 is 12.1 Å². The molecule has 0 fully saturated rings. The molecule has 0 heterocycles. The molecule has 1 atom stereocenters. The van der Waals surface area contributed by atoms with Crippen LogP contribution in [-0.2, 0) is 4.79 Å². The van der Waals surface area contributed by atoms with Gasteiger partial charge < -0.3 is 20.6 Å². The second-order valence-electron chi connectivity index (χ2n) is 3.10. The number of benzene rings is 1. The Hall–Kier alpha value is -1.59. The zero-order chi connectivity index (χ0) is 11.3. The van der Waals surface area contributed by atoms with Gasteiger partial charge in [-0.1, -0.05) is 18.2 Å². The molecule has 1 aromatic carbocycles. The van der Waals surface area contributed by atoms with E-state index >= 15 is 0 Å². The topological polar surface area (TPSA) is 89.8 Å². The Labute approximate surface area is 87.0 Å². The van der Waals surface area contributed by atoms with Crippen LogP contribution in [0.3, 0.4) is 0 Å². The van der Waals surface area contributed by atoms with E-state index in [9.17, 15) is 15.0 Å². The van der Waals surface area contributed by atoms with Crippen molar-refractivity contribution in [3.63, 3.8) is 0 Å². The molecule has 0 saturated carbocycles. The van der Waals surface area contributed by atoms with Crippen LogP contribution in [0.15, 0.2) is 24.3 Å². The number of carboxylic acids is 1. The van der Waals surface area contributed by atoms with Crippen LogP contribution in [0.1, 0.15) is 11.7 Å². The molecule has 5 heteroatoms. The highest BCUT2D eigenvalue weighted by molar-refractivity contribution is 5.68. The van der Waals surface area contributed by atoms with Crippen LogP contribution in [-0.4, -0.2) is 34.4 Å². The van der Waals surface area contributed by atoms with E-state index in [2.05, 4.69) is 5.32 Å². The van der Waals surface area contributed by atoms with Gasteiger partial charge in [0.05, 0.1) is 12.6 Å². The fraction of sp³-hybridized carbons (Fsp3) is 0.300. The number of phenols is 1. The SMILES string of the molecule is O=C(O)CNCC(O)c1ccccc1O. The number of hydrogen-bond donors (Lipinski definition) is 4. The molecule has 0 saturated heterocycles. The lowest BCUT2D eigenvalue weighted by Gasteiger charge is -2.12. The van der Waals surface area contributed by atoms with Gasteiger partial charge in [0.1, 0.15) is 5.75 Å². The second-order valence-corrected chi connectivity index (χ2v) is 3.10. The fourth-order valence-corrected chi connectivity index (χ4v) is 1.20. The number of aliphatic hydroxyl groups excluding tert-OH is 1. The molecule has 0 spiro atoms. The van der Waals surface area contributed by atoms with E-state index in [1.165, 1.54) is 6.07 Å². The molecule has 15 heavy (non-hydrogen) atoms. The van der Waals surface area contributed by atoms with Crippen LogP contribution in [0.25, 0.3) is 0 Å². The number of rotatable bonds is 5. The monoisotopic (exact) mass is 211 g/mol. The van der Waals surface area contributed by atoms with Crippen LogP contribution in [0.2, 0.25) is 0 Å². The van der Waals surface area contributed by atoms with E-state index in [0.29, 0.717) is 5.56 Å².